The maximum absolute atomic E-state index is 12.9. The SMILES string of the molecule is CC(N)(CO)CCCCSc1cccc(F)c1. The van der Waals surface area contributed by atoms with Crippen LogP contribution in [0.3, 0.4) is 0 Å². The highest BCUT2D eigenvalue weighted by Gasteiger charge is 2.15. The van der Waals surface area contributed by atoms with E-state index in [0.29, 0.717) is 0 Å². The number of halogens is 1. The number of aliphatic hydroxyl groups is 1. The van der Waals surface area contributed by atoms with Crippen LogP contribution in [0.2, 0.25) is 0 Å². The molecule has 1 rings (SSSR count). The molecule has 4 heteroatoms. The van der Waals surface area contributed by atoms with Gasteiger partial charge < -0.3 is 10.8 Å². The third-order valence-corrected chi connectivity index (χ3v) is 3.65. The van der Waals surface area contributed by atoms with Crippen molar-refractivity contribution in [1.82, 2.24) is 0 Å². The highest BCUT2D eigenvalue weighted by molar-refractivity contribution is 7.99. The van der Waals surface area contributed by atoms with Gasteiger partial charge in [0.1, 0.15) is 5.82 Å². The number of unbranched alkanes of at least 4 members (excludes halogenated alkanes) is 1. The van der Waals surface area contributed by atoms with Crippen molar-refractivity contribution in [3.05, 3.63) is 30.1 Å². The van der Waals surface area contributed by atoms with Gasteiger partial charge in [-0.3, -0.25) is 0 Å². The topological polar surface area (TPSA) is 46.2 Å². The molecule has 0 saturated carbocycles. The van der Waals surface area contributed by atoms with Crippen molar-refractivity contribution in [1.29, 1.82) is 0 Å². The molecule has 0 aliphatic rings. The summed E-state index contributed by atoms with van der Waals surface area (Å²) >= 11 is 1.65. The van der Waals surface area contributed by atoms with Crippen molar-refractivity contribution in [3.63, 3.8) is 0 Å². The Morgan fingerprint density at radius 3 is 2.82 bits per heavy atom. The number of hydrogen-bond acceptors (Lipinski definition) is 3. The molecule has 17 heavy (non-hydrogen) atoms. The smallest absolute Gasteiger partial charge is 0.124 e. The minimum Gasteiger partial charge on any atom is -0.394 e. The maximum atomic E-state index is 12.9. The first-order valence-corrected chi connectivity index (χ1v) is 6.80. The van der Waals surface area contributed by atoms with E-state index in [1.54, 1.807) is 23.9 Å². The summed E-state index contributed by atoms with van der Waals surface area (Å²) in [5.74, 6) is 0.759. The molecule has 96 valence electrons. The van der Waals surface area contributed by atoms with E-state index in [4.69, 9.17) is 10.8 Å². The number of aliphatic hydroxyl groups excluding tert-OH is 1. The maximum Gasteiger partial charge on any atom is 0.124 e. The lowest BCUT2D eigenvalue weighted by molar-refractivity contribution is 0.198. The molecule has 0 saturated heterocycles. The third-order valence-electron chi connectivity index (χ3n) is 2.57. The van der Waals surface area contributed by atoms with E-state index in [0.717, 1.165) is 29.9 Å². The van der Waals surface area contributed by atoms with Crippen molar-refractivity contribution in [2.24, 2.45) is 5.73 Å². The Morgan fingerprint density at radius 2 is 2.18 bits per heavy atom. The second-order valence-electron chi connectivity index (χ2n) is 4.58. The quantitative estimate of drug-likeness (QED) is 0.583. The molecule has 0 heterocycles. The summed E-state index contributed by atoms with van der Waals surface area (Å²) in [5, 5.41) is 8.99. The Hall–Kier alpha value is -0.580. The molecule has 0 aromatic heterocycles. The van der Waals surface area contributed by atoms with E-state index in [2.05, 4.69) is 0 Å². The number of nitrogens with two attached hydrogens (primary N) is 1. The van der Waals surface area contributed by atoms with Crippen molar-refractivity contribution < 1.29 is 9.50 Å². The molecule has 0 fully saturated rings. The Labute approximate surface area is 106 Å². The third kappa shape index (κ3) is 6.05. The molecule has 3 N–H and O–H groups in total. The summed E-state index contributed by atoms with van der Waals surface area (Å²) in [6, 6.07) is 6.63. The van der Waals surface area contributed by atoms with Gasteiger partial charge in [-0.2, -0.15) is 0 Å². The molecule has 0 aliphatic carbocycles. The molecule has 0 bridgehead atoms. The average molecular weight is 257 g/mol. The number of rotatable bonds is 7. The Kier molecular flexibility index (Phi) is 5.95. The second-order valence-corrected chi connectivity index (χ2v) is 5.74. The van der Waals surface area contributed by atoms with Gasteiger partial charge in [-0.1, -0.05) is 12.5 Å². The zero-order valence-electron chi connectivity index (χ0n) is 10.2. The lowest BCUT2D eigenvalue weighted by Crippen LogP contribution is -2.39. The van der Waals surface area contributed by atoms with Crippen LogP contribution in [0.15, 0.2) is 29.2 Å². The zero-order chi connectivity index (χ0) is 12.7. The molecule has 2 nitrogen and oxygen atoms in total. The molecule has 1 atom stereocenters. The lowest BCUT2D eigenvalue weighted by atomic mass is 9.98. The summed E-state index contributed by atoms with van der Waals surface area (Å²) < 4.78 is 12.9. The number of benzene rings is 1. The van der Waals surface area contributed by atoms with Crippen LogP contribution in [0.5, 0.6) is 0 Å². The summed E-state index contributed by atoms with van der Waals surface area (Å²) in [7, 11) is 0. The first kappa shape index (κ1) is 14.5. The minimum atomic E-state index is -0.469. The summed E-state index contributed by atoms with van der Waals surface area (Å²) in [5.41, 5.74) is 5.35. The largest absolute Gasteiger partial charge is 0.394 e. The van der Waals surface area contributed by atoms with E-state index in [9.17, 15) is 4.39 Å². The number of hydrogen-bond donors (Lipinski definition) is 2. The zero-order valence-corrected chi connectivity index (χ0v) is 11.0. The highest BCUT2D eigenvalue weighted by atomic mass is 32.2. The first-order chi connectivity index (χ1) is 8.03. The monoisotopic (exact) mass is 257 g/mol. The van der Waals surface area contributed by atoms with Crippen LogP contribution < -0.4 is 5.73 Å². The van der Waals surface area contributed by atoms with Crippen LogP contribution in [0, 0.1) is 5.82 Å². The Balaban J connectivity index is 2.17. The van der Waals surface area contributed by atoms with E-state index in [1.165, 1.54) is 6.07 Å². The fourth-order valence-electron chi connectivity index (χ4n) is 1.46. The predicted molar refractivity (Wildman–Crippen MR) is 70.7 cm³/mol. The summed E-state index contributed by atoms with van der Waals surface area (Å²) in [6.07, 6.45) is 2.82. The van der Waals surface area contributed by atoms with Crippen LogP contribution >= 0.6 is 11.8 Å². The van der Waals surface area contributed by atoms with Gasteiger partial charge in [0.05, 0.1) is 6.61 Å². The van der Waals surface area contributed by atoms with Gasteiger partial charge in [-0.25, -0.2) is 4.39 Å². The molecular formula is C13H20FNOS. The summed E-state index contributed by atoms with van der Waals surface area (Å²) in [6.45, 7) is 1.87. The van der Waals surface area contributed by atoms with Gasteiger partial charge in [0.15, 0.2) is 0 Å². The Bertz CT molecular complexity index is 344. The Morgan fingerprint density at radius 1 is 1.41 bits per heavy atom. The van der Waals surface area contributed by atoms with Crippen molar-refractivity contribution >= 4 is 11.8 Å². The first-order valence-electron chi connectivity index (χ1n) is 5.82. The van der Waals surface area contributed by atoms with Crippen molar-refractivity contribution in [3.8, 4) is 0 Å². The van der Waals surface area contributed by atoms with Crippen molar-refractivity contribution in [2.75, 3.05) is 12.4 Å². The highest BCUT2D eigenvalue weighted by Crippen LogP contribution is 2.21. The molecule has 0 amide bonds. The average Bonchev–Trinajstić information content (AvgIpc) is 2.29. The fourth-order valence-corrected chi connectivity index (χ4v) is 2.41. The van der Waals surface area contributed by atoms with Crippen LogP contribution in [-0.4, -0.2) is 23.0 Å². The van der Waals surface area contributed by atoms with Gasteiger partial charge in [0.2, 0.25) is 0 Å². The van der Waals surface area contributed by atoms with Gasteiger partial charge in [0, 0.05) is 10.4 Å². The van der Waals surface area contributed by atoms with Gasteiger partial charge in [-0.15, -0.1) is 11.8 Å². The van der Waals surface area contributed by atoms with Crippen LogP contribution in [0.4, 0.5) is 4.39 Å². The second kappa shape index (κ2) is 6.99. The minimum absolute atomic E-state index is 0.0179. The molecule has 1 aromatic carbocycles. The lowest BCUT2D eigenvalue weighted by Gasteiger charge is -2.21. The van der Waals surface area contributed by atoms with Gasteiger partial charge in [0.25, 0.3) is 0 Å². The van der Waals surface area contributed by atoms with Gasteiger partial charge in [-0.05, 0) is 43.7 Å². The van der Waals surface area contributed by atoms with Gasteiger partial charge >= 0.3 is 0 Å². The molecule has 1 aromatic rings. The van der Waals surface area contributed by atoms with E-state index < -0.39 is 5.54 Å². The molecule has 1 unspecified atom stereocenters. The van der Waals surface area contributed by atoms with E-state index >= 15 is 0 Å². The summed E-state index contributed by atoms with van der Waals surface area (Å²) in [4.78, 5) is 0.961. The van der Waals surface area contributed by atoms with E-state index in [1.807, 2.05) is 13.0 Å². The number of thioether (sulfide) groups is 1. The van der Waals surface area contributed by atoms with Crippen LogP contribution in [0.1, 0.15) is 26.2 Å². The fraction of sp³-hybridized carbons (Fsp3) is 0.538. The normalized spacial score (nSPS) is 14.6. The molecule has 0 spiro atoms. The van der Waals surface area contributed by atoms with Crippen molar-refractivity contribution in [2.45, 2.75) is 36.6 Å². The molecule has 0 aliphatic heterocycles. The van der Waals surface area contributed by atoms with E-state index in [-0.39, 0.29) is 12.4 Å². The standard InChI is InChI=1S/C13H20FNOS/c1-13(15,10-16)7-2-3-8-17-12-6-4-5-11(14)9-12/h4-6,9,16H,2-3,7-8,10,15H2,1H3. The van der Waals surface area contributed by atoms with Crippen LogP contribution in [-0.2, 0) is 0 Å². The predicted octanol–water partition coefficient (Wildman–Crippen LogP) is 2.80. The van der Waals surface area contributed by atoms with Crippen LogP contribution in [0.25, 0.3) is 0 Å². The molecular weight excluding hydrogens is 237 g/mol. The molecule has 0 radical (unpaired) electrons.